The molecule has 112 valence electrons. The van der Waals surface area contributed by atoms with Crippen LogP contribution in [0.5, 0.6) is 0 Å². The van der Waals surface area contributed by atoms with Gasteiger partial charge in [0.05, 0.1) is 11.3 Å². The van der Waals surface area contributed by atoms with Crippen LogP contribution >= 0.6 is 0 Å². The van der Waals surface area contributed by atoms with Crippen molar-refractivity contribution in [3.63, 3.8) is 0 Å². The van der Waals surface area contributed by atoms with Crippen LogP contribution in [0.25, 0.3) is 0 Å². The number of allylic oxidation sites excluding steroid dienone is 2. The summed E-state index contributed by atoms with van der Waals surface area (Å²) in [7, 11) is 0. The maximum atomic E-state index is 10.8. The van der Waals surface area contributed by atoms with Gasteiger partial charge in [-0.3, -0.25) is 0 Å². The molecule has 0 amide bonds. The van der Waals surface area contributed by atoms with E-state index < -0.39 is 5.97 Å². The number of aliphatic carboxylic acids is 1. The zero-order valence-corrected chi connectivity index (χ0v) is 12.5. The lowest BCUT2D eigenvalue weighted by atomic mass is 9.95. The van der Waals surface area contributed by atoms with E-state index in [0.29, 0.717) is 6.42 Å². The largest absolute Gasteiger partial charge is 0.478 e. The molecule has 1 rings (SSSR count). The van der Waals surface area contributed by atoms with Gasteiger partial charge in [-0.1, -0.05) is 23.4 Å². The minimum Gasteiger partial charge on any atom is -0.478 e. The molecule has 0 atom stereocenters. The number of carboxylic acid groups (broad SMARTS) is 1. The lowest BCUT2D eigenvalue weighted by Gasteiger charge is -2.31. The summed E-state index contributed by atoms with van der Waals surface area (Å²) < 4.78 is 0. The second-order valence-electron chi connectivity index (χ2n) is 5.27. The highest BCUT2D eigenvalue weighted by molar-refractivity contribution is 5.90. The van der Waals surface area contributed by atoms with Gasteiger partial charge in [0.1, 0.15) is 5.60 Å². The van der Waals surface area contributed by atoms with E-state index in [4.69, 9.17) is 9.94 Å². The summed E-state index contributed by atoms with van der Waals surface area (Å²) in [6.45, 7) is 7.56. The molecular weight excluding hydrogens is 256 g/mol. The average Bonchev–Trinajstić information content (AvgIpc) is 2.42. The van der Waals surface area contributed by atoms with Crippen molar-refractivity contribution >= 4 is 11.7 Å². The topological polar surface area (TPSA) is 70.9 Å². The van der Waals surface area contributed by atoms with Gasteiger partial charge in [-0.05, 0) is 33.9 Å². The number of oxime groups is 1. The van der Waals surface area contributed by atoms with E-state index in [-0.39, 0.29) is 11.2 Å². The number of carbonyl (C=O) groups is 1. The number of rotatable bonds is 6. The Morgan fingerprint density at radius 2 is 2.10 bits per heavy atom. The normalized spacial score (nSPS) is 20.1. The van der Waals surface area contributed by atoms with Crippen LogP contribution in [0.2, 0.25) is 0 Å². The second kappa shape index (κ2) is 7.85. The van der Waals surface area contributed by atoms with Gasteiger partial charge in [0.15, 0.2) is 0 Å². The molecule has 0 aromatic heterocycles. The summed E-state index contributed by atoms with van der Waals surface area (Å²) in [4.78, 5) is 16.4. The van der Waals surface area contributed by atoms with Crippen molar-refractivity contribution in [2.24, 2.45) is 5.16 Å². The molecule has 1 saturated heterocycles. The van der Waals surface area contributed by atoms with Crippen LogP contribution in [-0.2, 0) is 9.63 Å². The van der Waals surface area contributed by atoms with Gasteiger partial charge >= 0.3 is 5.97 Å². The molecule has 0 radical (unpaired) electrons. The molecule has 1 fully saturated rings. The number of nitrogens with zero attached hydrogens (tertiary/aromatic N) is 1. The van der Waals surface area contributed by atoms with Crippen molar-refractivity contribution in [3.8, 4) is 0 Å². The van der Waals surface area contributed by atoms with Gasteiger partial charge < -0.3 is 15.3 Å². The highest BCUT2D eigenvalue weighted by atomic mass is 16.6. The van der Waals surface area contributed by atoms with E-state index in [1.807, 2.05) is 6.92 Å². The molecule has 0 unspecified atom stereocenters. The van der Waals surface area contributed by atoms with Crippen molar-refractivity contribution < 1.29 is 14.7 Å². The van der Waals surface area contributed by atoms with Crippen molar-refractivity contribution in [2.75, 3.05) is 13.1 Å². The highest BCUT2D eigenvalue weighted by Gasteiger charge is 2.28. The first kappa shape index (κ1) is 16.4. The third-order valence-corrected chi connectivity index (χ3v) is 3.35. The minimum atomic E-state index is -0.920. The maximum Gasteiger partial charge on any atom is 0.335 e. The zero-order chi connectivity index (χ0) is 15.0. The molecule has 20 heavy (non-hydrogen) atoms. The third kappa shape index (κ3) is 5.57. The Labute approximate surface area is 120 Å². The highest BCUT2D eigenvalue weighted by Crippen LogP contribution is 2.22. The molecule has 5 heteroatoms. The Kier molecular flexibility index (Phi) is 6.45. The Hall–Kier alpha value is -1.62. The molecule has 5 nitrogen and oxygen atoms in total. The maximum absolute atomic E-state index is 10.8. The quantitative estimate of drug-likeness (QED) is 0.339. The van der Waals surface area contributed by atoms with Crippen LogP contribution in [0.15, 0.2) is 29.0 Å². The number of hydrogen-bond donors (Lipinski definition) is 2. The number of piperidine rings is 1. The summed E-state index contributed by atoms with van der Waals surface area (Å²) in [6.07, 6.45) is 7.42. The predicted molar refractivity (Wildman–Crippen MR) is 79.9 cm³/mol. The van der Waals surface area contributed by atoms with Gasteiger partial charge in [0.2, 0.25) is 0 Å². The molecule has 0 saturated carbocycles. The van der Waals surface area contributed by atoms with Crippen LogP contribution in [0.4, 0.5) is 0 Å². The standard InChI is InChI=1S/C15H24N2O3/c1-4-13(14(18)19)7-5-6-12(2)17-20-15(3)8-10-16-11-9-15/h4-5,7,16H,6,8-11H2,1-3H3,(H,18,19)/b7-5-,13-4+,17-12+. The summed E-state index contributed by atoms with van der Waals surface area (Å²) in [5.74, 6) is -0.920. The van der Waals surface area contributed by atoms with E-state index in [2.05, 4.69) is 17.4 Å². The van der Waals surface area contributed by atoms with Gasteiger partial charge in [-0.25, -0.2) is 4.79 Å². The first-order chi connectivity index (χ1) is 9.47. The van der Waals surface area contributed by atoms with Crippen molar-refractivity contribution in [2.45, 2.75) is 45.6 Å². The molecule has 0 bridgehead atoms. The van der Waals surface area contributed by atoms with E-state index in [9.17, 15) is 4.79 Å². The first-order valence-electron chi connectivity index (χ1n) is 6.95. The lowest BCUT2D eigenvalue weighted by molar-refractivity contribution is -0.132. The van der Waals surface area contributed by atoms with Gasteiger partial charge in [-0.2, -0.15) is 0 Å². The molecule has 0 spiro atoms. The van der Waals surface area contributed by atoms with Crippen molar-refractivity contribution in [3.05, 3.63) is 23.8 Å². The van der Waals surface area contributed by atoms with Crippen molar-refractivity contribution in [1.82, 2.24) is 5.32 Å². The predicted octanol–water partition coefficient (Wildman–Crippen LogP) is 2.50. The molecule has 0 aromatic rings. The molecular formula is C15H24N2O3. The molecule has 2 N–H and O–H groups in total. The fourth-order valence-corrected chi connectivity index (χ4v) is 1.92. The Morgan fingerprint density at radius 1 is 1.45 bits per heavy atom. The van der Waals surface area contributed by atoms with E-state index in [0.717, 1.165) is 31.6 Å². The van der Waals surface area contributed by atoms with Crippen LogP contribution in [0.3, 0.4) is 0 Å². The lowest BCUT2D eigenvalue weighted by Crippen LogP contribution is -2.40. The minimum absolute atomic E-state index is 0.189. The third-order valence-electron chi connectivity index (χ3n) is 3.35. The van der Waals surface area contributed by atoms with Crippen LogP contribution in [0.1, 0.15) is 40.0 Å². The van der Waals surface area contributed by atoms with Gasteiger partial charge in [0, 0.05) is 19.3 Å². The second-order valence-corrected chi connectivity index (χ2v) is 5.27. The number of carboxylic acids is 1. The summed E-state index contributed by atoms with van der Waals surface area (Å²) in [6, 6.07) is 0. The average molecular weight is 280 g/mol. The number of nitrogens with one attached hydrogen (secondary N) is 1. The summed E-state index contributed by atoms with van der Waals surface area (Å²) >= 11 is 0. The Balaban J connectivity index is 2.45. The van der Waals surface area contributed by atoms with E-state index in [1.165, 1.54) is 0 Å². The SMILES string of the molecule is C/C=C(\C=C/C/C(C)=N/OC1(C)CCNCC1)C(=O)O. The molecule has 0 aliphatic carbocycles. The zero-order valence-electron chi connectivity index (χ0n) is 12.5. The Bertz CT molecular complexity index is 419. The van der Waals surface area contributed by atoms with Gasteiger partial charge in [0.25, 0.3) is 0 Å². The van der Waals surface area contributed by atoms with Crippen LogP contribution < -0.4 is 5.32 Å². The smallest absolute Gasteiger partial charge is 0.335 e. The molecule has 1 aliphatic heterocycles. The van der Waals surface area contributed by atoms with E-state index in [1.54, 1.807) is 25.2 Å². The van der Waals surface area contributed by atoms with Crippen LogP contribution in [-0.4, -0.2) is 35.5 Å². The van der Waals surface area contributed by atoms with E-state index >= 15 is 0 Å². The fraction of sp³-hybridized carbons (Fsp3) is 0.600. The summed E-state index contributed by atoms with van der Waals surface area (Å²) in [5.41, 5.74) is 0.928. The van der Waals surface area contributed by atoms with Crippen molar-refractivity contribution in [1.29, 1.82) is 0 Å². The van der Waals surface area contributed by atoms with Gasteiger partial charge in [-0.15, -0.1) is 0 Å². The number of hydrogen-bond acceptors (Lipinski definition) is 4. The molecule has 0 aromatic carbocycles. The summed E-state index contributed by atoms with van der Waals surface area (Å²) in [5, 5.41) is 16.3. The monoisotopic (exact) mass is 280 g/mol. The molecule has 1 aliphatic rings. The van der Waals surface area contributed by atoms with Crippen LogP contribution in [0, 0.1) is 0 Å². The fourth-order valence-electron chi connectivity index (χ4n) is 1.92. The first-order valence-corrected chi connectivity index (χ1v) is 6.95. The Morgan fingerprint density at radius 3 is 2.65 bits per heavy atom. The molecule has 1 heterocycles.